The minimum Gasteiger partial charge on any atom is -0.465 e. The topological polar surface area (TPSA) is 176 Å². The summed E-state index contributed by atoms with van der Waals surface area (Å²) in [5.41, 5.74) is 12.2. The quantitative estimate of drug-likeness (QED) is 0.341. The zero-order valence-electron chi connectivity index (χ0n) is 18.8. The van der Waals surface area contributed by atoms with Gasteiger partial charge in [0.1, 0.15) is 0 Å². The number of guanidine groups is 1. The van der Waals surface area contributed by atoms with Crippen molar-refractivity contribution < 1.29 is 31.2 Å². The molecule has 0 aliphatic carbocycles. The average molecular weight is 508 g/mol. The number of hydrogen-bond donors (Lipinski definition) is 2. The van der Waals surface area contributed by atoms with Crippen LogP contribution >= 0.6 is 0 Å². The predicted molar refractivity (Wildman–Crippen MR) is 125 cm³/mol. The van der Waals surface area contributed by atoms with E-state index >= 15 is 0 Å². The molecule has 182 valence electrons. The second kappa shape index (κ2) is 9.18. The van der Waals surface area contributed by atoms with E-state index in [1.54, 1.807) is 32.0 Å². The number of carbonyl (C=O) groups excluding carboxylic acids is 2. The van der Waals surface area contributed by atoms with Gasteiger partial charge in [-0.05, 0) is 62.1 Å². The molecule has 0 spiro atoms. The molecule has 2 aromatic rings. The maximum atomic E-state index is 12.0. The first kappa shape index (κ1) is 25.4. The first-order valence-corrected chi connectivity index (χ1v) is 13.3. The van der Waals surface area contributed by atoms with E-state index in [2.05, 4.69) is 9.73 Å². The molecular formula is C22H25N3O7S2. The van der Waals surface area contributed by atoms with Crippen LogP contribution in [0, 0.1) is 0 Å². The van der Waals surface area contributed by atoms with Gasteiger partial charge in [0.05, 0.1) is 33.0 Å². The highest BCUT2D eigenvalue weighted by Crippen LogP contribution is 2.32. The van der Waals surface area contributed by atoms with Crippen molar-refractivity contribution >= 4 is 37.5 Å². The molecule has 2 aromatic carbocycles. The Labute approximate surface area is 197 Å². The van der Waals surface area contributed by atoms with E-state index in [1.165, 1.54) is 25.3 Å². The van der Waals surface area contributed by atoms with E-state index in [0.29, 0.717) is 12.8 Å². The molecule has 0 aromatic heterocycles. The molecule has 2 atom stereocenters. The summed E-state index contributed by atoms with van der Waals surface area (Å²) in [4.78, 5) is 26.7. The van der Waals surface area contributed by atoms with Gasteiger partial charge in [-0.15, -0.1) is 0 Å². The Hall–Kier alpha value is -3.25. The Morgan fingerprint density at radius 2 is 1.29 bits per heavy atom. The second-order valence-electron chi connectivity index (χ2n) is 8.10. The fourth-order valence-electron chi connectivity index (χ4n) is 3.81. The highest BCUT2D eigenvalue weighted by atomic mass is 32.2. The van der Waals surface area contributed by atoms with Crippen molar-refractivity contribution in [2.45, 2.75) is 47.0 Å². The Morgan fingerprint density at radius 1 is 0.853 bits per heavy atom. The number of nitrogens with zero attached hydrogens (tertiary/aromatic N) is 1. The van der Waals surface area contributed by atoms with Crippen LogP contribution in [0.15, 0.2) is 51.2 Å². The van der Waals surface area contributed by atoms with Crippen LogP contribution in [-0.4, -0.2) is 52.3 Å². The van der Waals surface area contributed by atoms with Gasteiger partial charge in [0.15, 0.2) is 25.6 Å². The van der Waals surface area contributed by atoms with Crippen molar-refractivity contribution in [3.8, 4) is 0 Å². The van der Waals surface area contributed by atoms with Crippen LogP contribution in [0.3, 0.4) is 0 Å². The summed E-state index contributed by atoms with van der Waals surface area (Å²) in [6.45, 7) is 3.32. The molecule has 4 N–H and O–H groups in total. The van der Waals surface area contributed by atoms with Gasteiger partial charge in [-0.2, -0.15) is 4.99 Å². The number of ether oxygens (including phenoxy) is 1. The van der Waals surface area contributed by atoms with Crippen molar-refractivity contribution in [3.05, 3.63) is 58.7 Å². The van der Waals surface area contributed by atoms with Gasteiger partial charge in [-0.25, -0.2) is 21.6 Å². The molecular weight excluding hydrogens is 482 g/mol. The Morgan fingerprint density at radius 3 is 1.74 bits per heavy atom. The average Bonchev–Trinajstić information content (AvgIpc) is 3.14. The third kappa shape index (κ3) is 4.68. The minimum atomic E-state index is -3.33. The molecule has 34 heavy (non-hydrogen) atoms. The number of fused-ring (bicyclic) bond motifs is 2. The van der Waals surface area contributed by atoms with E-state index in [9.17, 15) is 26.4 Å². The fraction of sp³-hybridized carbons (Fsp3) is 0.318. The van der Waals surface area contributed by atoms with Crippen LogP contribution in [0.25, 0.3) is 0 Å². The van der Waals surface area contributed by atoms with Gasteiger partial charge in [0.2, 0.25) is 0 Å². The predicted octanol–water partition coefficient (Wildman–Crippen LogP) is 1.01. The summed E-state index contributed by atoms with van der Waals surface area (Å²) in [5, 5.41) is -0.865. The molecule has 0 radical (unpaired) electrons. The molecule has 2 aliphatic heterocycles. The van der Waals surface area contributed by atoms with E-state index in [-0.39, 0.29) is 26.9 Å². The van der Waals surface area contributed by atoms with E-state index in [0.717, 1.165) is 11.1 Å². The number of methoxy groups -OCH3 is 1. The molecule has 0 saturated carbocycles. The van der Waals surface area contributed by atoms with E-state index < -0.39 is 42.1 Å². The maximum Gasteiger partial charge on any atom is 0.337 e. The van der Waals surface area contributed by atoms with Gasteiger partial charge in [0.25, 0.3) is 5.91 Å². The van der Waals surface area contributed by atoms with Crippen molar-refractivity contribution in [3.63, 3.8) is 0 Å². The lowest BCUT2D eigenvalue weighted by Crippen LogP contribution is -2.24. The van der Waals surface area contributed by atoms with Crippen LogP contribution in [-0.2, 0) is 37.3 Å². The maximum absolute atomic E-state index is 12.0. The van der Waals surface area contributed by atoms with Crippen LogP contribution in [0.5, 0.6) is 0 Å². The first-order chi connectivity index (χ1) is 15.8. The molecule has 12 heteroatoms. The number of amides is 1. The Bertz CT molecular complexity index is 1410. The van der Waals surface area contributed by atoms with Crippen molar-refractivity contribution in [1.82, 2.24) is 0 Å². The summed E-state index contributed by atoms with van der Waals surface area (Å²) in [5.74, 6) is -1.51. The van der Waals surface area contributed by atoms with E-state index in [4.69, 9.17) is 11.5 Å². The number of hydrogen-bond acceptors (Lipinski definition) is 7. The van der Waals surface area contributed by atoms with Gasteiger partial charge in [-0.3, -0.25) is 4.79 Å². The molecule has 0 bridgehead atoms. The molecule has 1 amide bonds. The van der Waals surface area contributed by atoms with Gasteiger partial charge in [0, 0.05) is 5.56 Å². The number of benzene rings is 2. The lowest BCUT2D eigenvalue weighted by atomic mass is 10.1. The fourth-order valence-corrected chi connectivity index (χ4v) is 7.09. The Balaban J connectivity index is 0.000000192. The van der Waals surface area contributed by atoms with Crippen LogP contribution < -0.4 is 11.5 Å². The van der Waals surface area contributed by atoms with Crippen molar-refractivity contribution in [2.75, 3.05) is 7.11 Å². The molecule has 0 saturated heterocycles. The number of carbonyl (C=O) groups is 2. The number of nitrogens with two attached hydrogens (primary N) is 2. The summed E-state index contributed by atoms with van der Waals surface area (Å²) in [6, 6.07) is 9.18. The highest BCUT2D eigenvalue weighted by molar-refractivity contribution is 7.92. The molecule has 0 fully saturated rings. The highest BCUT2D eigenvalue weighted by Gasteiger charge is 2.35. The number of aliphatic imine (C=N–C) groups is 1. The van der Waals surface area contributed by atoms with Gasteiger partial charge < -0.3 is 16.2 Å². The number of rotatable bonds is 2. The first-order valence-electron chi connectivity index (χ1n) is 10.2. The van der Waals surface area contributed by atoms with Crippen LogP contribution in [0.2, 0.25) is 0 Å². The van der Waals surface area contributed by atoms with Crippen LogP contribution in [0.4, 0.5) is 0 Å². The smallest absolute Gasteiger partial charge is 0.337 e. The van der Waals surface area contributed by atoms with Crippen molar-refractivity contribution in [2.24, 2.45) is 16.5 Å². The third-order valence-corrected chi connectivity index (χ3v) is 10.2. The number of esters is 1. The third-order valence-electron chi connectivity index (χ3n) is 5.72. The summed E-state index contributed by atoms with van der Waals surface area (Å²) < 4.78 is 52.3. The molecule has 2 unspecified atom stereocenters. The van der Waals surface area contributed by atoms with E-state index in [1.807, 2.05) is 0 Å². The molecule has 4 rings (SSSR count). The largest absolute Gasteiger partial charge is 0.465 e. The lowest BCUT2D eigenvalue weighted by Gasteiger charge is -2.03. The summed E-state index contributed by atoms with van der Waals surface area (Å²) >= 11 is 0. The second-order valence-corrected chi connectivity index (χ2v) is 12.8. The molecule has 10 nitrogen and oxygen atoms in total. The lowest BCUT2D eigenvalue weighted by molar-refractivity contribution is 0.0600. The monoisotopic (exact) mass is 507 g/mol. The minimum absolute atomic E-state index is 0.167. The SMILES string of the molecule is CC1Cc2ccc(C(=O)N=C(N)N)cc2S1(=O)=O.COC(=O)c1ccc2c(c1)S(=O)(=O)C(C)C2. The standard InChI is InChI=1S/C11H13N3O3S.C11H12O4S/c1-6-4-7-2-3-8(10(15)14-11(12)13)5-9(7)18(6,16)17;1-7-5-8-3-4-9(11(12)15-2)6-10(8)16(7,13)14/h2-3,5-6H,4H2,1H3,(H4,12,13,14,15);3-4,6-7H,5H2,1-2H3. The summed E-state index contributed by atoms with van der Waals surface area (Å²) in [6.07, 6.45) is 0.980. The normalized spacial score (nSPS) is 20.8. The summed E-state index contributed by atoms with van der Waals surface area (Å²) in [7, 11) is -5.32. The molecule has 2 heterocycles. The zero-order chi connectivity index (χ0) is 25.4. The van der Waals surface area contributed by atoms with Crippen LogP contribution in [0.1, 0.15) is 45.7 Å². The van der Waals surface area contributed by atoms with Gasteiger partial charge in [-0.1, -0.05) is 12.1 Å². The zero-order valence-corrected chi connectivity index (χ0v) is 20.4. The molecule has 2 aliphatic rings. The number of sulfone groups is 2. The van der Waals surface area contributed by atoms with Crippen molar-refractivity contribution in [1.29, 1.82) is 0 Å². The van der Waals surface area contributed by atoms with Gasteiger partial charge >= 0.3 is 5.97 Å². The Kier molecular flexibility index (Phi) is 6.85.